The Bertz CT molecular complexity index is 481. The minimum atomic E-state index is 0.491. The molecule has 0 aliphatic carbocycles. The van der Waals surface area contributed by atoms with Gasteiger partial charge in [-0.1, -0.05) is 37.3 Å². The molecule has 1 nitrogen and oxygen atoms in total. The highest BCUT2D eigenvalue weighted by molar-refractivity contribution is 9.10. The number of hydrogen-bond acceptors (Lipinski definition) is 2. The molecule has 0 saturated heterocycles. The van der Waals surface area contributed by atoms with Gasteiger partial charge in [-0.2, -0.15) is 0 Å². The summed E-state index contributed by atoms with van der Waals surface area (Å²) < 4.78 is 1.19. The number of nitrogens with one attached hydrogen (secondary N) is 1. The van der Waals surface area contributed by atoms with Crippen LogP contribution in [0, 0.1) is 0 Å². The lowest BCUT2D eigenvalue weighted by Crippen LogP contribution is -2.20. The van der Waals surface area contributed by atoms with Gasteiger partial charge in [-0.3, -0.25) is 0 Å². The van der Waals surface area contributed by atoms with E-state index in [2.05, 4.69) is 69.9 Å². The number of thiophene rings is 1. The first-order valence-electron chi connectivity index (χ1n) is 6.81. The fourth-order valence-electron chi connectivity index (χ4n) is 2.26. The van der Waals surface area contributed by atoms with Crippen LogP contribution in [0.5, 0.6) is 0 Å². The van der Waals surface area contributed by atoms with E-state index in [0.29, 0.717) is 6.04 Å². The van der Waals surface area contributed by atoms with Crippen molar-refractivity contribution in [1.82, 2.24) is 5.32 Å². The van der Waals surface area contributed by atoms with Gasteiger partial charge in [0.1, 0.15) is 0 Å². The Hall–Kier alpha value is -0.640. The van der Waals surface area contributed by atoms with E-state index in [0.717, 1.165) is 13.0 Å². The second kappa shape index (κ2) is 7.83. The summed E-state index contributed by atoms with van der Waals surface area (Å²) in [7, 11) is 0. The average Bonchev–Trinajstić information content (AvgIpc) is 2.86. The minimum Gasteiger partial charge on any atom is -0.310 e. The van der Waals surface area contributed by atoms with E-state index in [1.165, 1.54) is 27.8 Å². The first-order chi connectivity index (χ1) is 9.29. The van der Waals surface area contributed by atoms with E-state index in [1.807, 2.05) is 11.3 Å². The van der Waals surface area contributed by atoms with Gasteiger partial charge in [0.05, 0.1) is 0 Å². The molecule has 0 spiro atoms. The minimum absolute atomic E-state index is 0.491. The fraction of sp³-hybridized carbons (Fsp3) is 0.375. The van der Waals surface area contributed by atoms with Crippen molar-refractivity contribution in [3.8, 4) is 0 Å². The second-order valence-corrected chi connectivity index (χ2v) is 6.51. The number of aryl methyl sites for hydroxylation is 1. The molecule has 3 heteroatoms. The maximum Gasteiger partial charge on any atom is 0.0415 e. The molecule has 0 saturated carbocycles. The zero-order valence-electron chi connectivity index (χ0n) is 11.2. The average molecular weight is 338 g/mol. The van der Waals surface area contributed by atoms with Crippen LogP contribution in [0.2, 0.25) is 0 Å². The molecule has 1 unspecified atom stereocenters. The lowest BCUT2D eigenvalue weighted by Gasteiger charge is -2.16. The van der Waals surface area contributed by atoms with Crippen molar-refractivity contribution >= 4 is 27.3 Å². The van der Waals surface area contributed by atoms with Gasteiger partial charge in [-0.25, -0.2) is 0 Å². The van der Waals surface area contributed by atoms with Gasteiger partial charge in [0, 0.05) is 20.8 Å². The highest BCUT2D eigenvalue weighted by Crippen LogP contribution is 2.28. The molecular formula is C16H20BrNS. The molecule has 0 bridgehead atoms. The van der Waals surface area contributed by atoms with Crippen molar-refractivity contribution in [3.05, 3.63) is 56.7 Å². The van der Waals surface area contributed by atoms with Gasteiger partial charge >= 0.3 is 0 Å². The van der Waals surface area contributed by atoms with Gasteiger partial charge in [-0.05, 0) is 53.4 Å². The van der Waals surface area contributed by atoms with E-state index >= 15 is 0 Å². The number of rotatable bonds is 7. The summed E-state index contributed by atoms with van der Waals surface area (Å²) in [6.07, 6.45) is 3.57. The van der Waals surface area contributed by atoms with E-state index in [1.54, 1.807) is 0 Å². The smallest absolute Gasteiger partial charge is 0.0415 e. The van der Waals surface area contributed by atoms with Crippen molar-refractivity contribution in [2.45, 2.75) is 32.2 Å². The van der Waals surface area contributed by atoms with E-state index in [-0.39, 0.29) is 0 Å². The van der Waals surface area contributed by atoms with Crippen molar-refractivity contribution in [3.63, 3.8) is 0 Å². The van der Waals surface area contributed by atoms with Crippen LogP contribution in [0.25, 0.3) is 0 Å². The lowest BCUT2D eigenvalue weighted by atomic mass is 10.0. The largest absolute Gasteiger partial charge is 0.310 e. The van der Waals surface area contributed by atoms with Gasteiger partial charge < -0.3 is 5.32 Å². The van der Waals surface area contributed by atoms with Crippen molar-refractivity contribution < 1.29 is 0 Å². The number of hydrogen-bond donors (Lipinski definition) is 1. The van der Waals surface area contributed by atoms with Crippen LogP contribution in [0.3, 0.4) is 0 Å². The third kappa shape index (κ3) is 4.75. The van der Waals surface area contributed by atoms with E-state index in [9.17, 15) is 0 Å². The van der Waals surface area contributed by atoms with Crippen LogP contribution in [0.1, 0.15) is 36.2 Å². The Morgan fingerprint density at radius 3 is 2.68 bits per heavy atom. The highest BCUT2D eigenvalue weighted by Gasteiger charge is 2.12. The zero-order chi connectivity index (χ0) is 13.5. The van der Waals surface area contributed by atoms with Crippen molar-refractivity contribution in [2.24, 2.45) is 0 Å². The molecule has 0 fully saturated rings. The zero-order valence-corrected chi connectivity index (χ0v) is 13.6. The molecule has 102 valence electrons. The predicted molar refractivity (Wildman–Crippen MR) is 87.8 cm³/mol. The molecule has 2 aromatic rings. The standard InChI is InChI=1S/C16H20BrNS/c1-2-18-15(16-11-14(17)12-19-16)10-6-9-13-7-4-3-5-8-13/h3-5,7-8,11-12,15,18H,2,6,9-10H2,1H3. The molecule has 1 N–H and O–H groups in total. The molecule has 19 heavy (non-hydrogen) atoms. The van der Waals surface area contributed by atoms with E-state index < -0.39 is 0 Å². The Morgan fingerprint density at radius 2 is 2.05 bits per heavy atom. The quantitative estimate of drug-likeness (QED) is 0.733. The maximum absolute atomic E-state index is 3.59. The molecule has 0 aliphatic heterocycles. The second-order valence-electron chi connectivity index (χ2n) is 4.66. The molecule has 2 rings (SSSR count). The molecule has 1 aromatic carbocycles. The summed E-state index contributed by atoms with van der Waals surface area (Å²) >= 11 is 5.37. The Labute approximate surface area is 128 Å². The molecular weight excluding hydrogens is 318 g/mol. The highest BCUT2D eigenvalue weighted by atomic mass is 79.9. The van der Waals surface area contributed by atoms with Crippen LogP contribution in [0.15, 0.2) is 46.3 Å². The number of benzene rings is 1. The molecule has 0 amide bonds. The molecule has 1 aromatic heterocycles. The molecule has 1 atom stereocenters. The first-order valence-corrected chi connectivity index (χ1v) is 8.48. The monoisotopic (exact) mass is 337 g/mol. The summed E-state index contributed by atoms with van der Waals surface area (Å²) in [6.45, 7) is 3.19. The summed E-state index contributed by atoms with van der Waals surface area (Å²) in [6, 6.07) is 13.5. The van der Waals surface area contributed by atoms with Gasteiger partial charge in [0.15, 0.2) is 0 Å². The van der Waals surface area contributed by atoms with Crippen molar-refractivity contribution in [1.29, 1.82) is 0 Å². The normalized spacial score (nSPS) is 12.5. The third-order valence-corrected chi connectivity index (χ3v) is 4.99. The van der Waals surface area contributed by atoms with Crippen LogP contribution < -0.4 is 5.32 Å². The lowest BCUT2D eigenvalue weighted by molar-refractivity contribution is 0.505. The summed E-state index contributed by atoms with van der Waals surface area (Å²) in [5.41, 5.74) is 1.44. The summed E-state index contributed by atoms with van der Waals surface area (Å²) in [4.78, 5) is 1.43. The third-order valence-electron chi connectivity index (χ3n) is 3.18. The predicted octanol–water partition coefficient (Wildman–Crippen LogP) is 5.18. The van der Waals surface area contributed by atoms with Crippen LogP contribution >= 0.6 is 27.3 Å². The SMILES string of the molecule is CCNC(CCCc1ccccc1)c1cc(Br)cs1. The maximum atomic E-state index is 3.59. The summed E-state index contributed by atoms with van der Waals surface area (Å²) in [5.74, 6) is 0. The van der Waals surface area contributed by atoms with Gasteiger partial charge in [-0.15, -0.1) is 11.3 Å². The van der Waals surface area contributed by atoms with E-state index in [4.69, 9.17) is 0 Å². The molecule has 0 radical (unpaired) electrons. The topological polar surface area (TPSA) is 12.0 Å². The Balaban J connectivity index is 1.87. The molecule has 1 heterocycles. The van der Waals surface area contributed by atoms with Crippen LogP contribution in [-0.2, 0) is 6.42 Å². The van der Waals surface area contributed by atoms with Crippen LogP contribution in [-0.4, -0.2) is 6.54 Å². The summed E-state index contributed by atoms with van der Waals surface area (Å²) in [5, 5.41) is 5.75. The Kier molecular flexibility index (Phi) is 6.08. The number of halogens is 1. The van der Waals surface area contributed by atoms with Crippen LogP contribution in [0.4, 0.5) is 0 Å². The molecule has 0 aliphatic rings. The Morgan fingerprint density at radius 1 is 1.26 bits per heavy atom. The first kappa shape index (κ1) is 14.8. The fourth-order valence-corrected chi connectivity index (χ4v) is 3.81. The van der Waals surface area contributed by atoms with Gasteiger partial charge in [0.25, 0.3) is 0 Å². The van der Waals surface area contributed by atoms with Gasteiger partial charge in [0.2, 0.25) is 0 Å². The van der Waals surface area contributed by atoms with Crippen molar-refractivity contribution in [2.75, 3.05) is 6.54 Å².